The largest absolute Gasteiger partial charge is 0.388 e. The van der Waals surface area contributed by atoms with E-state index in [2.05, 4.69) is 62.7 Å². The first-order valence-electron chi connectivity index (χ1n) is 12.4. The maximum Gasteiger partial charge on any atom is 0.0893 e. The summed E-state index contributed by atoms with van der Waals surface area (Å²) in [6.45, 7) is 11.4. The van der Waals surface area contributed by atoms with Crippen molar-refractivity contribution in [3.05, 3.63) is 47.5 Å². The molecule has 1 rings (SSSR count). The smallest absolute Gasteiger partial charge is 0.0893 e. The minimum atomic E-state index is -0.335. The molecule has 178 valence electrons. The number of hydroxylamine groups is 1. The maximum absolute atomic E-state index is 10.4. The van der Waals surface area contributed by atoms with E-state index in [1.165, 1.54) is 31.2 Å². The van der Waals surface area contributed by atoms with E-state index in [4.69, 9.17) is 9.88 Å². The van der Waals surface area contributed by atoms with Crippen molar-refractivity contribution < 1.29 is 15.0 Å². The van der Waals surface area contributed by atoms with E-state index >= 15 is 0 Å². The van der Waals surface area contributed by atoms with Gasteiger partial charge >= 0.3 is 0 Å². The van der Waals surface area contributed by atoms with E-state index in [1.807, 2.05) is 13.8 Å². The molecule has 0 aromatic heterocycles. The number of unbranched alkanes of at least 4 members (excludes halogenated alkanes) is 3. The molecule has 0 spiro atoms. The van der Waals surface area contributed by atoms with Gasteiger partial charge in [0.1, 0.15) is 0 Å². The Kier molecular flexibility index (Phi) is 15.6. The van der Waals surface area contributed by atoms with Gasteiger partial charge in [0.15, 0.2) is 0 Å². The third-order valence-electron chi connectivity index (χ3n) is 5.50. The van der Waals surface area contributed by atoms with Crippen LogP contribution in [-0.2, 0) is 9.88 Å². The molecule has 2 unspecified atom stereocenters. The van der Waals surface area contributed by atoms with Gasteiger partial charge in [0.2, 0.25) is 0 Å². The van der Waals surface area contributed by atoms with Crippen LogP contribution < -0.4 is 5.48 Å². The first kappa shape index (κ1) is 27.8. The van der Waals surface area contributed by atoms with E-state index in [-0.39, 0.29) is 12.2 Å². The number of allylic oxidation sites excluding steroid dienone is 2. The number of rotatable bonds is 18. The standard InChI is InChI=1S/C27H47NO3/c1-6-7-10-14-27(29)26-19-17-25(18-20-26)24(16-15-22(2)3)13-11-8-9-12-21-28-31-30-23(4)5/h8,11,17-20,22-24,27-29H,6-7,9-10,12-16,21H2,1-5H3/b11-8-. The summed E-state index contributed by atoms with van der Waals surface area (Å²) >= 11 is 0. The minimum Gasteiger partial charge on any atom is -0.388 e. The summed E-state index contributed by atoms with van der Waals surface area (Å²) < 4.78 is 0. The predicted octanol–water partition coefficient (Wildman–Crippen LogP) is 7.41. The Labute approximate surface area is 191 Å². The van der Waals surface area contributed by atoms with E-state index in [0.29, 0.717) is 11.8 Å². The van der Waals surface area contributed by atoms with E-state index in [9.17, 15) is 5.11 Å². The summed E-state index contributed by atoms with van der Waals surface area (Å²) in [5, 5.41) is 10.4. The fourth-order valence-corrected chi connectivity index (χ4v) is 3.54. The molecule has 0 fully saturated rings. The van der Waals surface area contributed by atoms with Crippen LogP contribution in [0.3, 0.4) is 0 Å². The van der Waals surface area contributed by atoms with Crippen molar-refractivity contribution in [1.82, 2.24) is 5.48 Å². The number of aliphatic hydroxyl groups excluding tert-OH is 1. The van der Waals surface area contributed by atoms with Crippen molar-refractivity contribution in [2.75, 3.05) is 6.54 Å². The number of hydrogen-bond donors (Lipinski definition) is 2. The van der Waals surface area contributed by atoms with Crippen LogP contribution in [0.1, 0.15) is 116 Å². The number of aliphatic hydroxyl groups is 1. The third-order valence-corrected chi connectivity index (χ3v) is 5.50. The summed E-state index contributed by atoms with van der Waals surface area (Å²) in [5.41, 5.74) is 5.26. The third kappa shape index (κ3) is 13.7. The SMILES string of the molecule is CCCCCC(O)c1ccc(C(C/C=C\CCCNOOC(C)C)CCC(C)C)cc1. The maximum atomic E-state index is 10.4. The van der Waals surface area contributed by atoms with Crippen molar-refractivity contribution in [2.45, 2.75) is 111 Å². The number of hydrogen-bond acceptors (Lipinski definition) is 4. The highest BCUT2D eigenvalue weighted by atomic mass is 17.3. The predicted molar refractivity (Wildman–Crippen MR) is 131 cm³/mol. The zero-order chi connectivity index (χ0) is 22.9. The normalized spacial score (nSPS) is 14.1. The Hall–Kier alpha value is -1.20. The van der Waals surface area contributed by atoms with Gasteiger partial charge in [-0.25, -0.2) is 4.89 Å². The second-order valence-corrected chi connectivity index (χ2v) is 9.32. The number of nitrogens with one attached hydrogen (secondary N) is 1. The molecule has 0 aliphatic heterocycles. The molecule has 31 heavy (non-hydrogen) atoms. The van der Waals surface area contributed by atoms with Crippen LogP contribution in [0.5, 0.6) is 0 Å². The molecular weight excluding hydrogens is 386 g/mol. The molecule has 0 bridgehead atoms. The fraction of sp³-hybridized carbons (Fsp3) is 0.704. The zero-order valence-electron chi connectivity index (χ0n) is 20.6. The van der Waals surface area contributed by atoms with Crippen LogP contribution in [0.4, 0.5) is 0 Å². The van der Waals surface area contributed by atoms with Gasteiger partial charge in [-0.05, 0) is 68.9 Å². The van der Waals surface area contributed by atoms with Gasteiger partial charge in [0.25, 0.3) is 0 Å². The quantitative estimate of drug-likeness (QED) is 0.109. The average molecular weight is 434 g/mol. The van der Waals surface area contributed by atoms with Crippen molar-refractivity contribution in [3.63, 3.8) is 0 Å². The molecule has 0 aliphatic carbocycles. The fourth-order valence-electron chi connectivity index (χ4n) is 3.54. The molecule has 2 N–H and O–H groups in total. The topological polar surface area (TPSA) is 50.7 Å². The zero-order valence-corrected chi connectivity index (χ0v) is 20.6. The highest BCUT2D eigenvalue weighted by molar-refractivity contribution is 5.27. The number of benzene rings is 1. The molecular formula is C27H47NO3. The highest BCUT2D eigenvalue weighted by Gasteiger charge is 2.13. The molecule has 1 aromatic rings. The lowest BCUT2D eigenvalue weighted by molar-refractivity contribution is -0.355. The average Bonchev–Trinajstić information content (AvgIpc) is 2.74. The molecule has 0 aliphatic rings. The molecule has 1 aromatic carbocycles. The van der Waals surface area contributed by atoms with E-state index < -0.39 is 0 Å². The molecule has 0 saturated heterocycles. The monoisotopic (exact) mass is 433 g/mol. The lowest BCUT2D eigenvalue weighted by atomic mass is 9.87. The second-order valence-electron chi connectivity index (χ2n) is 9.32. The Morgan fingerprint density at radius 3 is 2.26 bits per heavy atom. The minimum absolute atomic E-state index is 0.0635. The first-order chi connectivity index (χ1) is 14.9. The molecule has 2 atom stereocenters. The highest BCUT2D eigenvalue weighted by Crippen LogP contribution is 2.29. The van der Waals surface area contributed by atoms with Gasteiger partial charge < -0.3 is 5.11 Å². The van der Waals surface area contributed by atoms with Crippen LogP contribution in [-0.4, -0.2) is 17.8 Å². The van der Waals surface area contributed by atoms with Gasteiger partial charge in [0, 0.05) is 6.54 Å². The van der Waals surface area contributed by atoms with Gasteiger partial charge in [-0.2, -0.15) is 5.48 Å². The van der Waals surface area contributed by atoms with Crippen LogP contribution in [0.25, 0.3) is 0 Å². The van der Waals surface area contributed by atoms with Crippen LogP contribution in [0, 0.1) is 5.92 Å². The lowest BCUT2D eigenvalue weighted by Gasteiger charge is -2.18. The van der Waals surface area contributed by atoms with Crippen LogP contribution >= 0.6 is 0 Å². The van der Waals surface area contributed by atoms with E-state index in [1.54, 1.807) is 0 Å². The van der Waals surface area contributed by atoms with Gasteiger partial charge in [-0.3, -0.25) is 0 Å². The first-order valence-corrected chi connectivity index (χ1v) is 12.4. The summed E-state index contributed by atoms with van der Waals surface area (Å²) in [6.07, 6.45) is 14.2. The molecule has 0 heterocycles. The van der Waals surface area contributed by atoms with Gasteiger partial charge in [-0.1, -0.05) is 82.9 Å². The molecule has 0 radical (unpaired) electrons. The van der Waals surface area contributed by atoms with Crippen LogP contribution in [0.2, 0.25) is 0 Å². The molecule has 4 heteroatoms. The van der Waals surface area contributed by atoms with Crippen molar-refractivity contribution in [1.29, 1.82) is 0 Å². The van der Waals surface area contributed by atoms with Gasteiger partial charge in [-0.15, -0.1) is 4.99 Å². The molecule has 0 saturated carbocycles. The van der Waals surface area contributed by atoms with Crippen molar-refractivity contribution in [2.24, 2.45) is 5.92 Å². The molecule has 0 amide bonds. The van der Waals surface area contributed by atoms with E-state index in [0.717, 1.165) is 44.2 Å². The lowest BCUT2D eigenvalue weighted by Crippen LogP contribution is -2.18. The van der Waals surface area contributed by atoms with Crippen LogP contribution in [0.15, 0.2) is 36.4 Å². The van der Waals surface area contributed by atoms with Crippen molar-refractivity contribution >= 4 is 0 Å². The Morgan fingerprint density at radius 2 is 1.61 bits per heavy atom. The Bertz CT molecular complexity index is 568. The summed E-state index contributed by atoms with van der Waals surface area (Å²) in [7, 11) is 0. The molecule has 4 nitrogen and oxygen atoms in total. The Balaban J connectivity index is 2.50. The summed E-state index contributed by atoms with van der Waals surface area (Å²) in [4.78, 5) is 9.91. The van der Waals surface area contributed by atoms with Crippen molar-refractivity contribution in [3.8, 4) is 0 Å². The summed E-state index contributed by atoms with van der Waals surface area (Å²) in [6, 6.07) is 8.71. The van der Waals surface area contributed by atoms with Gasteiger partial charge in [0.05, 0.1) is 12.2 Å². The second kappa shape index (κ2) is 17.4. The Morgan fingerprint density at radius 1 is 0.903 bits per heavy atom. The summed E-state index contributed by atoms with van der Waals surface area (Å²) in [5.74, 6) is 1.25.